The standard InChI is InChI=1S/C16H23N3O3S/c1-12-9-15(17-16(20)10-13-5-3-2-4-6-13)19(18-12)14-7-8-23(21,22)11-14/h5,9,14H,2-4,6-8,10-11H2,1H3,(H,17,20)/t14-/m0/s1. The quantitative estimate of drug-likeness (QED) is 0.855. The molecule has 0 aromatic carbocycles. The Balaban J connectivity index is 1.70. The summed E-state index contributed by atoms with van der Waals surface area (Å²) in [6.45, 7) is 1.85. The van der Waals surface area contributed by atoms with Crippen LogP contribution < -0.4 is 5.32 Å². The SMILES string of the molecule is Cc1cc(NC(=O)CC2=CCCCC2)n([C@H]2CCS(=O)(=O)C2)n1. The second kappa shape index (κ2) is 6.47. The van der Waals surface area contributed by atoms with Crippen LogP contribution in [0, 0.1) is 6.92 Å². The second-order valence-corrected chi connectivity index (χ2v) is 8.73. The molecular weight excluding hydrogens is 314 g/mol. The highest BCUT2D eigenvalue weighted by molar-refractivity contribution is 7.91. The lowest BCUT2D eigenvalue weighted by Crippen LogP contribution is -2.20. The maximum absolute atomic E-state index is 12.3. The number of aromatic nitrogens is 2. The molecule has 0 bridgehead atoms. The van der Waals surface area contributed by atoms with E-state index in [1.807, 2.05) is 6.92 Å². The molecule has 1 amide bonds. The number of nitrogens with one attached hydrogen (secondary N) is 1. The summed E-state index contributed by atoms with van der Waals surface area (Å²) < 4.78 is 25.0. The first-order valence-corrected chi connectivity index (χ1v) is 9.99. The molecule has 7 heteroatoms. The number of carbonyl (C=O) groups excluding carboxylic acids is 1. The lowest BCUT2D eigenvalue weighted by molar-refractivity contribution is -0.115. The van der Waals surface area contributed by atoms with E-state index in [1.54, 1.807) is 10.7 Å². The van der Waals surface area contributed by atoms with Gasteiger partial charge in [-0.1, -0.05) is 11.6 Å². The summed E-state index contributed by atoms with van der Waals surface area (Å²) in [5.41, 5.74) is 1.97. The number of aryl methyl sites for hydroxylation is 1. The van der Waals surface area contributed by atoms with Gasteiger partial charge in [0.15, 0.2) is 9.84 Å². The highest BCUT2D eigenvalue weighted by Gasteiger charge is 2.31. The Morgan fingerprint density at radius 2 is 2.26 bits per heavy atom. The highest BCUT2D eigenvalue weighted by atomic mass is 32.2. The van der Waals surface area contributed by atoms with Gasteiger partial charge in [0.2, 0.25) is 5.91 Å². The van der Waals surface area contributed by atoms with Crippen molar-refractivity contribution in [3.8, 4) is 0 Å². The summed E-state index contributed by atoms with van der Waals surface area (Å²) in [5.74, 6) is 0.838. The van der Waals surface area contributed by atoms with Gasteiger partial charge in [-0.15, -0.1) is 0 Å². The Labute approximate surface area is 136 Å². The van der Waals surface area contributed by atoms with Crippen molar-refractivity contribution in [2.45, 2.75) is 51.5 Å². The van der Waals surface area contributed by atoms with Crippen LogP contribution >= 0.6 is 0 Å². The molecule has 23 heavy (non-hydrogen) atoms. The molecule has 1 fully saturated rings. The Hall–Kier alpha value is -1.63. The lowest BCUT2D eigenvalue weighted by Gasteiger charge is -2.15. The Kier molecular flexibility index (Phi) is 4.57. The van der Waals surface area contributed by atoms with Crippen LogP contribution in [0.2, 0.25) is 0 Å². The van der Waals surface area contributed by atoms with E-state index in [0.717, 1.165) is 25.0 Å². The molecule has 0 unspecified atom stereocenters. The van der Waals surface area contributed by atoms with Crippen LogP contribution in [0.3, 0.4) is 0 Å². The van der Waals surface area contributed by atoms with E-state index < -0.39 is 9.84 Å². The van der Waals surface area contributed by atoms with Crippen LogP contribution in [-0.4, -0.2) is 35.6 Å². The number of allylic oxidation sites excluding steroid dienone is 1. The fraction of sp³-hybridized carbons (Fsp3) is 0.625. The maximum atomic E-state index is 12.3. The fourth-order valence-electron chi connectivity index (χ4n) is 3.32. The van der Waals surface area contributed by atoms with Gasteiger partial charge < -0.3 is 5.32 Å². The van der Waals surface area contributed by atoms with E-state index in [0.29, 0.717) is 18.7 Å². The molecule has 0 spiro atoms. The minimum Gasteiger partial charge on any atom is -0.311 e. The van der Waals surface area contributed by atoms with Gasteiger partial charge in [0.25, 0.3) is 0 Å². The number of sulfone groups is 1. The maximum Gasteiger partial charge on any atom is 0.229 e. The van der Waals surface area contributed by atoms with Crippen LogP contribution in [0.5, 0.6) is 0 Å². The smallest absolute Gasteiger partial charge is 0.229 e. The molecule has 1 atom stereocenters. The summed E-state index contributed by atoms with van der Waals surface area (Å²) in [4.78, 5) is 12.3. The second-order valence-electron chi connectivity index (χ2n) is 6.51. The predicted octanol–water partition coefficient (Wildman–Crippen LogP) is 2.38. The van der Waals surface area contributed by atoms with Crippen molar-refractivity contribution in [3.05, 3.63) is 23.4 Å². The molecule has 3 rings (SSSR count). The van der Waals surface area contributed by atoms with Gasteiger partial charge in [0.05, 0.1) is 23.2 Å². The van der Waals surface area contributed by atoms with Gasteiger partial charge in [-0.05, 0) is 39.0 Å². The van der Waals surface area contributed by atoms with Gasteiger partial charge in [0.1, 0.15) is 5.82 Å². The van der Waals surface area contributed by atoms with Gasteiger partial charge in [-0.25, -0.2) is 13.1 Å². The van der Waals surface area contributed by atoms with Gasteiger partial charge in [-0.3, -0.25) is 4.79 Å². The molecule has 126 valence electrons. The highest BCUT2D eigenvalue weighted by Crippen LogP contribution is 2.27. The van der Waals surface area contributed by atoms with Crippen LogP contribution in [0.4, 0.5) is 5.82 Å². The molecule has 0 radical (unpaired) electrons. The third-order valence-corrected chi connectivity index (χ3v) is 6.20. The molecule has 2 heterocycles. The molecule has 1 N–H and O–H groups in total. The molecule has 0 saturated carbocycles. The molecule has 2 aliphatic rings. The minimum atomic E-state index is -2.98. The molecule has 1 aromatic heterocycles. The van der Waals surface area contributed by atoms with Crippen molar-refractivity contribution in [2.24, 2.45) is 0 Å². The summed E-state index contributed by atoms with van der Waals surface area (Å²) in [5, 5.41) is 7.29. The Morgan fingerprint density at radius 1 is 1.43 bits per heavy atom. The topological polar surface area (TPSA) is 81.1 Å². The van der Waals surface area contributed by atoms with Gasteiger partial charge in [-0.2, -0.15) is 5.10 Å². The van der Waals surface area contributed by atoms with Crippen LogP contribution in [0.1, 0.15) is 50.3 Å². The first kappa shape index (κ1) is 16.2. The van der Waals surface area contributed by atoms with Crippen molar-refractivity contribution in [1.29, 1.82) is 0 Å². The van der Waals surface area contributed by atoms with Gasteiger partial charge in [0, 0.05) is 12.5 Å². The number of anilines is 1. The first-order valence-electron chi connectivity index (χ1n) is 8.17. The largest absolute Gasteiger partial charge is 0.311 e. The van der Waals surface area contributed by atoms with Crippen molar-refractivity contribution in [2.75, 3.05) is 16.8 Å². The number of hydrogen-bond acceptors (Lipinski definition) is 4. The van der Waals surface area contributed by atoms with Crippen molar-refractivity contribution in [3.63, 3.8) is 0 Å². The Morgan fingerprint density at radius 3 is 2.91 bits per heavy atom. The predicted molar refractivity (Wildman–Crippen MR) is 89.1 cm³/mol. The van der Waals surface area contributed by atoms with E-state index in [-0.39, 0.29) is 23.5 Å². The van der Waals surface area contributed by atoms with Crippen molar-refractivity contribution >= 4 is 21.6 Å². The zero-order valence-corrected chi connectivity index (χ0v) is 14.2. The molecule has 1 saturated heterocycles. The number of amides is 1. The zero-order valence-electron chi connectivity index (χ0n) is 13.4. The first-order chi connectivity index (χ1) is 10.9. The van der Waals surface area contributed by atoms with E-state index in [9.17, 15) is 13.2 Å². The monoisotopic (exact) mass is 337 g/mol. The zero-order chi connectivity index (χ0) is 16.4. The fourth-order valence-corrected chi connectivity index (χ4v) is 5.01. The number of nitrogens with zero attached hydrogens (tertiary/aromatic N) is 2. The van der Waals surface area contributed by atoms with E-state index in [2.05, 4.69) is 16.5 Å². The number of hydrogen-bond donors (Lipinski definition) is 1. The Bertz CT molecular complexity index is 734. The van der Waals surface area contributed by atoms with E-state index in [4.69, 9.17) is 0 Å². The molecule has 1 aliphatic heterocycles. The average Bonchev–Trinajstić information content (AvgIpc) is 3.02. The number of rotatable bonds is 4. The molecule has 1 aromatic rings. The van der Waals surface area contributed by atoms with E-state index >= 15 is 0 Å². The molecule has 1 aliphatic carbocycles. The lowest BCUT2D eigenvalue weighted by atomic mass is 9.97. The van der Waals surface area contributed by atoms with Crippen molar-refractivity contribution in [1.82, 2.24) is 9.78 Å². The third-order valence-electron chi connectivity index (χ3n) is 4.45. The molecule has 6 nitrogen and oxygen atoms in total. The van der Waals surface area contributed by atoms with Crippen LogP contribution in [-0.2, 0) is 14.6 Å². The third kappa shape index (κ3) is 4.02. The van der Waals surface area contributed by atoms with Crippen LogP contribution in [0.25, 0.3) is 0 Å². The summed E-state index contributed by atoms with van der Waals surface area (Å²) >= 11 is 0. The van der Waals surface area contributed by atoms with Crippen molar-refractivity contribution < 1.29 is 13.2 Å². The summed E-state index contributed by atoms with van der Waals surface area (Å²) in [7, 11) is -2.98. The minimum absolute atomic E-state index is 0.0554. The normalized spacial score (nSPS) is 23.5. The van der Waals surface area contributed by atoms with Gasteiger partial charge >= 0.3 is 0 Å². The number of carbonyl (C=O) groups is 1. The summed E-state index contributed by atoms with van der Waals surface area (Å²) in [6, 6.07) is 1.62. The molecular formula is C16H23N3O3S. The van der Waals surface area contributed by atoms with E-state index in [1.165, 1.54) is 12.0 Å². The van der Waals surface area contributed by atoms with Crippen LogP contribution in [0.15, 0.2) is 17.7 Å². The average molecular weight is 337 g/mol. The summed E-state index contributed by atoms with van der Waals surface area (Å²) in [6.07, 6.45) is 7.52.